The van der Waals surface area contributed by atoms with Crippen LogP contribution >= 0.6 is 11.3 Å². The van der Waals surface area contributed by atoms with Crippen LogP contribution < -0.4 is 4.90 Å². The number of imidazole rings is 1. The summed E-state index contributed by atoms with van der Waals surface area (Å²) >= 11 is 1.59. The van der Waals surface area contributed by atoms with E-state index in [1.807, 2.05) is 16.0 Å². The van der Waals surface area contributed by atoms with Crippen molar-refractivity contribution in [1.29, 1.82) is 0 Å². The lowest BCUT2D eigenvalue weighted by Crippen LogP contribution is -2.45. The van der Waals surface area contributed by atoms with Crippen molar-refractivity contribution in [3.8, 4) is 0 Å². The molecule has 1 N–H and O–H groups in total. The van der Waals surface area contributed by atoms with E-state index in [9.17, 15) is 5.11 Å². The van der Waals surface area contributed by atoms with Crippen molar-refractivity contribution in [3.05, 3.63) is 17.3 Å². The Balaban J connectivity index is 2.03. The van der Waals surface area contributed by atoms with E-state index in [1.54, 1.807) is 11.3 Å². The fourth-order valence-corrected chi connectivity index (χ4v) is 3.20. The number of fused-ring (bicyclic) bond motifs is 1. The van der Waals surface area contributed by atoms with Crippen LogP contribution in [-0.2, 0) is 11.3 Å². The zero-order chi connectivity index (χ0) is 12.5. The Morgan fingerprint density at radius 3 is 3.28 bits per heavy atom. The van der Waals surface area contributed by atoms with E-state index in [0.29, 0.717) is 6.04 Å². The second kappa shape index (κ2) is 4.87. The molecule has 0 radical (unpaired) electrons. The number of anilines is 1. The highest BCUT2D eigenvalue weighted by Gasteiger charge is 2.26. The molecule has 0 bridgehead atoms. The number of morpholine rings is 1. The number of aromatic nitrogens is 2. The topological polar surface area (TPSA) is 50.0 Å². The number of ether oxygens (including phenoxy) is 1. The molecule has 2 aromatic rings. The molecule has 1 atom stereocenters. The van der Waals surface area contributed by atoms with Crippen LogP contribution in [-0.4, -0.2) is 40.3 Å². The van der Waals surface area contributed by atoms with Gasteiger partial charge in [-0.05, 0) is 6.42 Å². The van der Waals surface area contributed by atoms with Gasteiger partial charge in [-0.25, -0.2) is 4.98 Å². The summed E-state index contributed by atoms with van der Waals surface area (Å²) in [6.45, 7) is 4.49. The number of aliphatic hydroxyl groups excluding tert-OH is 1. The Morgan fingerprint density at radius 2 is 2.50 bits per heavy atom. The monoisotopic (exact) mass is 267 g/mol. The van der Waals surface area contributed by atoms with Gasteiger partial charge in [-0.15, -0.1) is 11.3 Å². The average Bonchev–Trinajstić information content (AvgIpc) is 2.98. The van der Waals surface area contributed by atoms with Gasteiger partial charge in [0, 0.05) is 18.1 Å². The molecule has 1 saturated heterocycles. The van der Waals surface area contributed by atoms with Gasteiger partial charge < -0.3 is 14.7 Å². The Bertz CT molecular complexity index is 536. The molecule has 0 spiro atoms. The smallest absolute Gasteiger partial charge is 0.195 e. The summed E-state index contributed by atoms with van der Waals surface area (Å²) in [5, 5.41) is 11.6. The predicted octanol–water partition coefficient (Wildman–Crippen LogP) is 1.50. The molecule has 1 aliphatic heterocycles. The fourth-order valence-electron chi connectivity index (χ4n) is 2.47. The summed E-state index contributed by atoms with van der Waals surface area (Å²) in [5.74, 6) is 0.916. The molecule has 2 aromatic heterocycles. The van der Waals surface area contributed by atoms with Gasteiger partial charge >= 0.3 is 0 Å². The van der Waals surface area contributed by atoms with Crippen LogP contribution in [0.1, 0.15) is 19.0 Å². The average molecular weight is 267 g/mol. The summed E-state index contributed by atoms with van der Waals surface area (Å²) < 4.78 is 7.49. The van der Waals surface area contributed by atoms with E-state index in [0.717, 1.165) is 42.7 Å². The first-order valence-electron chi connectivity index (χ1n) is 6.24. The molecule has 0 amide bonds. The number of hydrogen-bond acceptors (Lipinski definition) is 5. The predicted molar refractivity (Wildman–Crippen MR) is 71.2 cm³/mol. The standard InChI is InChI=1S/C12H17N3O2S/c1-2-9-8-17-5-3-14(9)11-10(7-16)15-4-6-18-12(15)13-11/h4,6,9,16H,2-3,5,7-8H2,1H3. The van der Waals surface area contributed by atoms with E-state index < -0.39 is 0 Å². The first-order chi connectivity index (χ1) is 8.85. The fraction of sp³-hybridized carbons (Fsp3) is 0.583. The molecule has 0 aromatic carbocycles. The molecule has 0 saturated carbocycles. The first kappa shape index (κ1) is 12.0. The van der Waals surface area contributed by atoms with Gasteiger partial charge in [0.2, 0.25) is 0 Å². The number of hydrogen-bond donors (Lipinski definition) is 1. The Labute approximate surface area is 110 Å². The lowest BCUT2D eigenvalue weighted by Gasteiger charge is -2.35. The van der Waals surface area contributed by atoms with E-state index >= 15 is 0 Å². The highest BCUT2D eigenvalue weighted by atomic mass is 32.1. The highest BCUT2D eigenvalue weighted by Crippen LogP contribution is 2.28. The molecule has 0 aliphatic carbocycles. The zero-order valence-electron chi connectivity index (χ0n) is 10.4. The minimum Gasteiger partial charge on any atom is -0.390 e. The number of aliphatic hydroxyl groups is 1. The molecule has 1 fully saturated rings. The summed E-state index contributed by atoms with van der Waals surface area (Å²) in [6.07, 6.45) is 2.99. The maximum absolute atomic E-state index is 9.60. The lowest BCUT2D eigenvalue weighted by molar-refractivity contribution is 0.0923. The van der Waals surface area contributed by atoms with E-state index in [4.69, 9.17) is 4.74 Å². The minimum absolute atomic E-state index is 0.0149. The molecule has 3 heterocycles. The molecule has 1 unspecified atom stereocenters. The van der Waals surface area contributed by atoms with Crippen LogP contribution in [0.3, 0.4) is 0 Å². The van der Waals surface area contributed by atoms with E-state index in [1.165, 1.54) is 0 Å². The zero-order valence-corrected chi connectivity index (χ0v) is 11.2. The van der Waals surface area contributed by atoms with Crippen LogP contribution in [0.15, 0.2) is 11.6 Å². The second-order valence-corrected chi connectivity index (χ2v) is 5.30. The Hall–Kier alpha value is -1.11. The molecular weight excluding hydrogens is 250 g/mol. The molecular formula is C12H17N3O2S. The largest absolute Gasteiger partial charge is 0.390 e. The van der Waals surface area contributed by atoms with Crippen LogP contribution in [0.5, 0.6) is 0 Å². The van der Waals surface area contributed by atoms with Crippen LogP contribution in [0.25, 0.3) is 4.96 Å². The minimum atomic E-state index is 0.0149. The third-order valence-electron chi connectivity index (χ3n) is 3.46. The first-order valence-corrected chi connectivity index (χ1v) is 7.12. The van der Waals surface area contributed by atoms with Gasteiger partial charge in [0.1, 0.15) is 0 Å². The summed E-state index contributed by atoms with van der Waals surface area (Å²) in [5.41, 5.74) is 0.881. The van der Waals surface area contributed by atoms with Crippen molar-refractivity contribution in [1.82, 2.24) is 9.38 Å². The lowest BCUT2D eigenvalue weighted by atomic mass is 10.1. The van der Waals surface area contributed by atoms with Crippen LogP contribution in [0.4, 0.5) is 5.82 Å². The molecule has 3 rings (SSSR count). The van der Waals surface area contributed by atoms with Gasteiger partial charge in [-0.1, -0.05) is 6.92 Å². The van der Waals surface area contributed by atoms with Crippen LogP contribution in [0, 0.1) is 0 Å². The maximum Gasteiger partial charge on any atom is 0.195 e. The quantitative estimate of drug-likeness (QED) is 0.915. The van der Waals surface area contributed by atoms with Gasteiger partial charge in [0.15, 0.2) is 10.8 Å². The summed E-state index contributed by atoms with van der Waals surface area (Å²) in [7, 11) is 0. The summed E-state index contributed by atoms with van der Waals surface area (Å²) in [6, 6.07) is 0.355. The van der Waals surface area contributed by atoms with Crippen molar-refractivity contribution in [2.45, 2.75) is 26.0 Å². The normalized spacial score (nSPS) is 20.8. The van der Waals surface area contributed by atoms with Gasteiger partial charge in [-0.3, -0.25) is 4.40 Å². The number of thiazole rings is 1. The summed E-state index contributed by atoms with van der Waals surface area (Å²) in [4.78, 5) is 7.87. The SMILES string of the molecule is CCC1COCCN1c1nc2sccn2c1CO. The molecule has 5 nitrogen and oxygen atoms in total. The van der Waals surface area contributed by atoms with Crippen molar-refractivity contribution in [2.24, 2.45) is 0 Å². The maximum atomic E-state index is 9.60. The van der Waals surface area contributed by atoms with Crippen molar-refractivity contribution >= 4 is 22.1 Å². The highest BCUT2D eigenvalue weighted by molar-refractivity contribution is 7.15. The second-order valence-electron chi connectivity index (χ2n) is 4.43. The Morgan fingerprint density at radius 1 is 1.61 bits per heavy atom. The molecule has 98 valence electrons. The third kappa shape index (κ3) is 1.81. The van der Waals surface area contributed by atoms with Gasteiger partial charge in [-0.2, -0.15) is 0 Å². The van der Waals surface area contributed by atoms with Gasteiger partial charge in [0.25, 0.3) is 0 Å². The molecule has 1 aliphatic rings. The van der Waals surface area contributed by atoms with Crippen molar-refractivity contribution in [3.63, 3.8) is 0 Å². The van der Waals surface area contributed by atoms with Crippen LogP contribution in [0.2, 0.25) is 0 Å². The van der Waals surface area contributed by atoms with E-state index in [2.05, 4.69) is 16.8 Å². The third-order valence-corrected chi connectivity index (χ3v) is 4.22. The van der Waals surface area contributed by atoms with Gasteiger partial charge in [0.05, 0.1) is 31.6 Å². The van der Waals surface area contributed by atoms with Crippen molar-refractivity contribution < 1.29 is 9.84 Å². The molecule has 6 heteroatoms. The van der Waals surface area contributed by atoms with Crippen molar-refractivity contribution in [2.75, 3.05) is 24.7 Å². The number of nitrogens with zero attached hydrogens (tertiary/aromatic N) is 3. The molecule has 18 heavy (non-hydrogen) atoms. The Kier molecular flexibility index (Phi) is 3.23. The number of rotatable bonds is 3. The van der Waals surface area contributed by atoms with E-state index in [-0.39, 0.29) is 6.61 Å².